The van der Waals surface area contributed by atoms with Crippen molar-refractivity contribution in [3.8, 4) is 0 Å². The molecule has 1 heterocycles. The van der Waals surface area contributed by atoms with E-state index >= 15 is 0 Å². The molecular formula is C7H10FNO. The zero-order valence-corrected chi connectivity index (χ0v) is 6.04. The fraction of sp³-hybridized carbons (Fsp3) is 0.571. The molecule has 0 aliphatic carbocycles. The van der Waals surface area contributed by atoms with Gasteiger partial charge in [0.05, 0.1) is 0 Å². The van der Waals surface area contributed by atoms with Crippen molar-refractivity contribution in [2.45, 2.75) is 20.0 Å². The Balaban J connectivity index is 2.68. The lowest BCUT2D eigenvalue weighted by atomic mass is 10.1. The number of nitrogens with zero attached hydrogens (tertiary/aromatic N) is 1. The van der Waals surface area contributed by atoms with Crippen LogP contribution in [0.15, 0.2) is 16.9 Å². The van der Waals surface area contributed by atoms with Crippen LogP contribution in [0.2, 0.25) is 0 Å². The number of hydrogen-bond donors (Lipinski definition) is 0. The first-order valence-corrected chi connectivity index (χ1v) is 3.26. The van der Waals surface area contributed by atoms with E-state index in [0.29, 0.717) is 5.69 Å². The van der Waals surface area contributed by atoms with Gasteiger partial charge in [0.15, 0.2) is 0 Å². The van der Waals surface area contributed by atoms with E-state index in [-0.39, 0.29) is 5.92 Å². The van der Waals surface area contributed by atoms with Crippen LogP contribution in [0.4, 0.5) is 4.39 Å². The van der Waals surface area contributed by atoms with Crippen molar-refractivity contribution in [3.05, 3.63) is 18.0 Å². The van der Waals surface area contributed by atoms with E-state index in [2.05, 4.69) is 9.68 Å². The number of rotatable bonds is 2. The highest BCUT2D eigenvalue weighted by Crippen LogP contribution is 2.23. The van der Waals surface area contributed by atoms with Gasteiger partial charge in [-0.05, 0) is 5.92 Å². The molecule has 0 saturated heterocycles. The summed E-state index contributed by atoms with van der Waals surface area (Å²) in [6, 6.07) is 1.55. The topological polar surface area (TPSA) is 26.0 Å². The average molecular weight is 143 g/mol. The molecule has 3 heteroatoms. The Bertz CT molecular complexity index is 183. The summed E-state index contributed by atoms with van der Waals surface area (Å²) in [7, 11) is 0. The highest BCUT2D eigenvalue weighted by Gasteiger charge is 2.16. The van der Waals surface area contributed by atoms with Crippen LogP contribution in [0, 0.1) is 5.92 Å². The largest absolute Gasteiger partial charge is 0.364 e. The third-order valence-corrected chi connectivity index (χ3v) is 1.33. The second kappa shape index (κ2) is 2.82. The van der Waals surface area contributed by atoms with Crippen LogP contribution in [0.25, 0.3) is 0 Å². The molecule has 1 aromatic heterocycles. The molecule has 1 atom stereocenters. The molecule has 1 unspecified atom stereocenters. The Morgan fingerprint density at radius 2 is 2.30 bits per heavy atom. The molecule has 0 amide bonds. The van der Waals surface area contributed by atoms with Gasteiger partial charge in [0.2, 0.25) is 0 Å². The van der Waals surface area contributed by atoms with Crippen LogP contribution in [-0.2, 0) is 0 Å². The fourth-order valence-corrected chi connectivity index (χ4v) is 0.706. The molecule has 0 aromatic carbocycles. The maximum atomic E-state index is 13.0. The maximum absolute atomic E-state index is 13.0. The van der Waals surface area contributed by atoms with E-state index in [9.17, 15) is 4.39 Å². The molecule has 2 nitrogen and oxygen atoms in total. The van der Waals surface area contributed by atoms with Crippen LogP contribution in [0.1, 0.15) is 25.7 Å². The molecule has 0 radical (unpaired) electrons. The molecule has 0 fully saturated rings. The third-order valence-electron chi connectivity index (χ3n) is 1.33. The van der Waals surface area contributed by atoms with E-state index in [1.54, 1.807) is 19.9 Å². The van der Waals surface area contributed by atoms with E-state index < -0.39 is 6.17 Å². The molecule has 0 saturated carbocycles. The quantitative estimate of drug-likeness (QED) is 0.635. The van der Waals surface area contributed by atoms with Gasteiger partial charge in [-0.3, -0.25) is 0 Å². The van der Waals surface area contributed by atoms with E-state index in [1.165, 1.54) is 6.26 Å². The molecule has 0 aliphatic rings. The number of aromatic nitrogens is 1. The van der Waals surface area contributed by atoms with Crippen molar-refractivity contribution in [3.63, 3.8) is 0 Å². The second-order valence-corrected chi connectivity index (χ2v) is 2.57. The van der Waals surface area contributed by atoms with Gasteiger partial charge in [-0.2, -0.15) is 0 Å². The van der Waals surface area contributed by atoms with Crippen LogP contribution < -0.4 is 0 Å². The summed E-state index contributed by atoms with van der Waals surface area (Å²) in [4.78, 5) is 0. The minimum atomic E-state index is -1.00. The first-order chi connectivity index (χ1) is 4.72. The van der Waals surface area contributed by atoms with Crippen LogP contribution in [-0.4, -0.2) is 5.16 Å². The van der Waals surface area contributed by atoms with Crippen molar-refractivity contribution < 1.29 is 8.91 Å². The van der Waals surface area contributed by atoms with E-state index in [4.69, 9.17) is 0 Å². The molecule has 10 heavy (non-hydrogen) atoms. The summed E-state index contributed by atoms with van der Waals surface area (Å²) in [6.07, 6.45) is 0.378. The van der Waals surface area contributed by atoms with Gasteiger partial charge in [0.25, 0.3) is 0 Å². The standard InChI is InChI=1S/C7H10FNO/c1-5(2)7(8)6-3-4-10-9-6/h3-5,7H,1-2H3. The van der Waals surface area contributed by atoms with Gasteiger partial charge in [-0.1, -0.05) is 19.0 Å². The monoisotopic (exact) mass is 143 g/mol. The lowest BCUT2D eigenvalue weighted by molar-refractivity contribution is 0.244. The van der Waals surface area contributed by atoms with E-state index in [1.807, 2.05) is 0 Å². The average Bonchev–Trinajstić information content (AvgIpc) is 2.36. The lowest BCUT2D eigenvalue weighted by Gasteiger charge is -2.06. The van der Waals surface area contributed by atoms with Gasteiger partial charge in [-0.25, -0.2) is 4.39 Å². The zero-order valence-electron chi connectivity index (χ0n) is 6.04. The summed E-state index contributed by atoms with van der Waals surface area (Å²) < 4.78 is 17.5. The first kappa shape index (κ1) is 7.25. The molecular weight excluding hydrogens is 133 g/mol. The Morgan fingerprint density at radius 1 is 1.60 bits per heavy atom. The number of halogens is 1. The molecule has 0 N–H and O–H groups in total. The first-order valence-electron chi connectivity index (χ1n) is 3.26. The summed E-state index contributed by atoms with van der Waals surface area (Å²) in [5.74, 6) is -0.0369. The predicted molar refractivity (Wildman–Crippen MR) is 35.2 cm³/mol. The lowest BCUT2D eigenvalue weighted by Crippen LogP contribution is -1.99. The Hall–Kier alpha value is -0.860. The van der Waals surface area contributed by atoms with Crippen molar-refractivity contribution in [2.24, 2.45) is 5.92 Å². The van der Waals surface area contributed by atoms with Gasteiger partial charge >= 0.3 is 0 Å². The smallest absolute Gasteiger partial charge is 0.148 e. The molecule has 0 aliphatic heterocycles. The molecule has 1 aromatic rings. The number of hydrogen-bond acceptors (Lipinski definition) is 2. The molecule has 0 bridgehead atoms. The minimum Gasteiger partial charge on any atom is -0.364 e. The van der Waals surface area contributed by atoms with Crippen LogP contribution in [0.5, 0.6) is 0 Å². The second-order valence-electron chi connectivity index (χ2n) is 2.57. The Labute approximate surface area is 59.0 Å². The molecule has 56 valence electrons. The summed E-state index contributed by atoms with van der Waals surface area (Å²) in [6.45, 7) is 3.61. The summed E-state index contributed by atoms with van der Waals surface area (Å²) in [5.41, 5.74) is 0.384. The van der Waals surface area contributed by atoms with Gasteiger partial charge in [0.1, 0.15) is 18.1 Å². The van der Waals surface area contributed by atoms with Gasteiger partial charge in [-0.15, -0.1) is 0 Å². The normalized spacial score (nSPS) is 14.0. The summed E-state index contributed by atoms with van der Waals surface area (Å²) in [5, 5.41) is 3.49. The fourth-order valence-electron chi connectivity index (χ4n) is 0.706. The van der Waals surface area contributed by atoms with E-state index in [0.717, 1.165) is 0 Å². The van der Waals surface area contributed by atoms with Gasteiger partial charge < -0.3 is 4.52 Å². The highest BCUT2D eigenvalue weighted by molar-refractivity contribution is 5.00. The van der Waals surface area contributed by atoms with Crippen molar-refractivity contribution in [1.29, 1.82) is 0 Å². The summed E-state index contributed by atoms with van der Waals surface area (Å²) >= 11 is 0. The van der Waals surface area contributed by atoms with Crippen molar-refractivity contribution >= 4 is 0 Å². The highest BCUT2D eigenvalue weighted by atomic mass is 19.1. The minimum absolute atomic E-state index is 0.0369. The van der Waals surface area contributed by atoms with Gasteiger partial charge in [0, 0.05) is 6.07 Å². The molecule has 0 spiro atoms. The van der Waals surface area contributed by atoms with Crippen molar-refractivity contribution in [1.82, 2.24) is 5.16 Å². The third kappa shape index (κ3) is 1.35. The zero-order chi connectivity index (χ0) is 7.56. The Morgan fingerprint density at radius 3 is 2.70 bits per heavy atom. The van der Waals surface area contributed by atoms with Crippen LogP contribution in [0.3, 0.4) is 0 Å². The maximum Gasteiger partial charge on any atom is 0.148 e. The molecule has 1 rings (SSSR count). The number of alkyl halides is 1. The predicted octanol–water partition coefficient (Wildman–Crippen LogP) is 2.34. The van der Waals surface area contributed by atoms with Crippen LogP contribution >= 0.6 is 0 Å². The SMILES string of the molecule is CC(C)C(F)c1ccon1. The Kier molecular flexibility index (Phi) is 2.04. The van der Waals surface area contributed by atoms with Crippen molar-refractivity contribution in [2.75, 3.05) is 0 Å².